The van der Waals surface area contributed by atoms with Crippen molar-refractivity contribution < 1.29 is 4.74 Å². The largest absolute Gasteiger partial charge is 0.378 e. The van der Waals surface area contributed by atoms with Gasteiger partial charge < -0.3 is 15.0 Å². The third kappa shape index (κ3) is 4.93. The fourth-order valence-electron chi connectivity index (χ4n) is 3.29. The van der Waals surface area contributed by atoms with Gasteiger partial charge in [-0.05, 0) is 54.8 Å². The number of hydrogen-bond acceptors (Lipinski definition) is 4. The number of hydrogen-bond donors (Lipinski definition) is 2. The molecule has 1 aliphatic carbocycles. The molecule has 0 amide bonds. The molecule has 26 heavy (non-hydrogen) atoms. The molecule has 1 fully saturated rings. The molecule has 2 aliphatic rings. The molecule has 0 saturated carbocycles. The number of nitrogens with one attached hydrogen (secondary N) is 2. The minimum Gasteiger partial charge on any atom is -0.378 e. The Bertz CT molecular complexity index is 706. The zero-order valence-corrected chi connectivity index (χ0v) is 16.0. The summed E-state index contributed by atoms with van der Waals surface area (Å²) in [4.78, 5) is 2.43. The van der Waals surface area contributed by atoms with Crippen molar-refractivity contribution in [2.24, 2.45) is 5.10 Å². The summed E-state index contributed by atoms with van der Waals surface area (Å²) in [5, 5.41) is 7.93. The Morgan fingerprint density at radius 2 is 2.00 bits per heavy atom. The van der Waals surface area contributed by atoms with Crippen LogP contribution < -0.4 is 10.7 Å². The van der Waals surface area contributed by atoms with E-state index in [1.54, 1.807) is 0 Å². The van der Waals surface area contributed by atoms with E-state index >= 15 is 0 Å². The van der Waals surface area contributed by atoms with E-state index in [-0.39, 0.29) is 0 Å². The van der Waals surface area contributed by atoms with Gasteiger partial charge in [0.05, 0.1) is 19.4 Å². The molecular weight excluding hydrogens is 344 g/mol. The maximum atomic E-state index is 5.53. The quantitative estimate of drug-likeness (QED) is 0.474. The van der Waals surface area contributed by atoms with Crippen molar-refractivity contribution in [1.29, 1.82) is 0 Å². The smallest absolute Gasteiger partial charge is 0.186 e. The number of nitrogens with zero attached hydrogens (tertiary/aromatic N) is 2. The van der Waals surface area contributed by atoms with Crippen LogP contribution in [0.3, 0.4) is 0 Å². The van der Waals surface area contributed by atoms with Gasteiger partial charge in [-0.3, -0.25) is 5.43 Å². The highest BCUT2D eigenvalue weighted by Gasteiger charge is 2.25. The van der Waals surface area contributed by atoms with Gasteiger partial charge in [0.2, 0.25) is 0 Å². The van der Waals surface area contributed by atoms with Gasteiger partial charge >= 0.3 is 0 Å². The standard InChI is InChI=1S/C20H26N4OS/c1-2-21-20(26)23-22-15-18-9-8-17(14-16-6-4-3-5-7-16)19(18)24-10-12-25-13-11-24/h3-7,14-15H,2,8-13H2,1H3,(H2,21,23,26)/b17-14-,22-15+. The van der Waals surface area contributed by atoms with Gasteiger partial charge in [0.25, 0.3) is 0 Å². The maximum absolute atomic E-state index is 5.53. The van der Waals surface area contributed by atoms with Crippen molar-refractivity contribution in [3.05, 3.63) is 52.7 Å². The molecule has 0 aromatic heterocycles. The van der Waals surface area contributed by atoms with Crippen molar-refractivity contribution in [1.82, 2.24) is 15.6 Å². The lowest BCUT2D eigenvalue weighted by molar-refractivity contribution is 0.0548. The van der Waals surface area contributed by atoms with E-state index in [4.69, 9.17) is 17.0 Å². The second-order valence-electron chi connectivity index (χ2n) is 6.28. The molecule has 1 heterocycles. The first-order valence-corrected chi connectivity index (χ1v) is 9.57. The molecular formula is C20H26N4OS. The molecule has 1 saturated heterocycles. The molecule has 1 aromatic carbocycles. The normalized spacial score (nSPS) is 19.4. The average Bonchev–Trinajstić information content (AvgIpc) is 3.06. The lowest BCUT2D eigenvalue weighted by atomic mass is 10.1. The van der Waals surface area contributed by atoms with Gasteiger partial charge in [-0.2, -0.15) is 5.10 Å². The van der Waals surface area contributed by atoms with Gasteiger partial charge in [0.15, 0.2) is 5.11 Å². The average molecular weight is 371 g/mol. The van der Waals surface area contributed by atoms with Crippen LogP contribution in [0.4, 0.5) is 0 Å². The van der Waals surface area contributed by atoms with E-state index < -0.39 is 0 Å². The van der Waals surface area contributed by atoms with Gasteiger partial charge in [0.1, 0.15) is 0 Å². The zero-order chi connectivity index (χ0) is 18.2. The molecule has 6 heteroatoms. The molecule has 2 N–H and O–H groups in total. The summed E-state index contributed by atoms with van der Waals surface area (Å²) in [6, 6.07) is 10.5. The SMILES string of the molecule is CCNC(=S)N/N=C/C1=C(N2CCOCC2)C(=C\c2ccccc2)/CC1. The number of ether oxygens (including phenoxy) is 1. The van der Waals surface area contributed by atoms with E-state index in [0.717, 1.165) is 45.7 Å². The summed E-state index contributed by atoms with van der Waals surface area (Å²) < 4.78 is 5.53. The van der Waals surface area contributed by atoms with Crippen LogP contribution in [-0.4, -0.2) is 49.1 Å². The molecule has 0 bridgehead atoms. The van der Waals surface area contributed by atoms with Crippen LogP contribution in [0.25, 0.3) is 6.08 Å². The minimum atomic E-state index is 0.551. The summed E-state index contributed by atoms with van der Waals surface area (Å²) in [7, 11) is 0. The molecule has 0 atom stereocenters. The highest BCUT2D eigenvalue weighted by Crippen LogP contribution is 2.34. The van der Waals surface area contributed by atoms with Crippen LogP contribution in [0.2, 0.25) is 0 Å². The Morgan fingerprint density at radius 1 is 1.23 bits per heavy atom. The van der Waals surface area contributed by atoms with E-state index in [1.165, 1.54) is 22.4 Å². The molecule has 0 radical (unpaired) electrons. The first kappa shape index (κ1) is 18.6. The lowest BCUT2D eigenvalue weighted by Crippen LogP contribution is -2.36. The summed E-state index contributed by atoms with van der Waals surface area (Å²) in [5.74, 6) is 0. The van der Waals surface area contributed by atoms with E-state index in [2.05, 4.69) is 51.1 Å². The first-order chi connectivity index (χ1) is 12.8. The van der Waals surface area contributed by atoms with Crippen LogP contribution in [0.1, 0.15) is 25.3 Å². The van der Waals surface area contributed by atoms with Crippen molar-refractivity contribution in [3.63, 3.8) is 0 Å². The highest BCUT2D eigenvalue weighted by molar-refractivity contribution is 7.80. The third-order valence-electron chi connectivity index (χ3n) is 4.46. The Morgan fingerprint density at radius 3 is 2.73 bits per heavy atom. The van der Waals surface area contributed by atoms with Crippen LogP contribution >= 0.6 is 12.2 Å². The van der Waals surface area contributed by atoms with Crippen molar-refractivity contribution in [3.8, 4) is 0 Å². The Kier molecular flexibility index (Phi) is 6.80. The minimum absolute atomic E-state index is 0.551. The van der Waals surface area contributed by atoms with Crippen LogP contribution in [0, 0.1) is 0 Å². The molecule has 138 valence electrons. The van der Waals surface area contributed by atoms with Crippen molar-refractivity contribution >= 4 is 29.6 Å². The van der Waals surface area contributed by atoms with Gasteiger partial charge in [-0.15, -0.1) is 0 Å². The van der Waals surface area contributed by atoms with E-state index in [0.29, 0.717) is 5.11 Å². The molecule has 0 unspecified atom stereocenters. The summed E-state index contributed by atoms with van der Waals surface area (Å²) >= 11 is 5.17. The Hall–Kier alpha value is -2.18. The first-order valence-electron chi connectivity index (χ1n) is 9.16. The molecule has 5 nitrogen and oxygen atoms in total. The predicted octanol–water partition coefficient (Wildman–Crippen LogP) is 2.92. The number of thiocarbonyl (C=S) groups is 1. The van der Waals surface area contributed by atoms with Crippen LogP contribution in [0.15, 0.2) is 52.3 Å². The third-order valence-corrected chi connectivity index (χ3v) is 4.70. The topological polar surface area (TPSA) is 48.9 Å². The lowest BCUT2D eigenvalue weighted by Gasteiger charge is -2.31. The summed E-state index contributed by atoms with van der Waals surface area (Å²) in [5.41, 5.74) is 8.05. The molecule has 0 spiro atoms. The van der Waals surface area contributed by atoms with Crippen molar-refractivity contribution in [2.75, 3.05) is 32.8 Å². The van der Waals surface area contributed by atoms with Crippen LogP contribution in [-0.2, 0) is 4.74 Å². The second-order valence-corrected chi connectivity index (χ2v) is 6.69. The Labute approximate surface area is 160 Å². The predicted molar refractivity (Wildman–Crippen MR) is 111 cm³/mol. The van der Waals surface area contributed by atoms with Gasteiger partial charge in [-0.25, -0.2) is 0 Å². The highest BCUT2D eigenvalue weighted by atomic mass is 32.1. The fourth-order valence-corrected chi connectivity index (χ4v) is 3.49. The molecule has 1 aromatic rings. The van der Waals surface area contributed by atoms with Gasteiger partial charge in [-0.1, -0.05) is 30.3 Å². The second kappa shape index (κ2) is 9.50. The number of rotatable bonds is 5. The molecule has 3 rings (SSSR count). The van der Waals surface area contributed by atoms with Gasteiger partial charge in [0, 0.05) is 25.3 Å². The summed E-state index contributed by atoms with van der Waals surface area (Å²) in [6.07, 6.45) is 6.23. The summed E-state index contributed by atoms with van der Waals surface area (Å²) in [6.45, 7) is 6.18. The fraction of sp³-hybridized carbons (Fsp3) is 0.400. The Balaban J connectivity index is 1.83. The number of allylic oxidation sites excluding steroid dienone is 2. The molecule has 1 aliphatic heterocycles. The maximum Gasteiger partial charge on any atom is 0.186 e. The monoisotopic (exact) mass is 370 g/mol. The number of morpholine rings is 1. The van der Waals surface area contributed by atoms with Crippen molar-refractivity contribution in [2.45, 2.75) is 19.8 Å². The number of benzene rings is 1. The van der Waals surface area contributed by atoms with E-state index in [9.17, 15) is 0 Å². The van der Waals surface area contributed by atoms with E-state index in [1.807, 2.05) is 19.2 Å². The van der Waals surface area contributed by atoms with Crippen LogP contribution in [0.5, 0.6) is 0 Å². The number of hydrazone groups is 1. The zero-order valence-electron chi connectivity index (χ0n) is 15.2.